The number of hydrogen-bond donors (Lipinski definition) is 2. The number of nitrogens with zero attached hydrogens (tertiary/aromatic N) is 2. The van der Waals surface area contributed by atoms with Crippen molar-refractivity contribution < 1.29 is 5.11 Å². The van der Waals surface area contributed by atoms with Gasteiger partial charge in [-0.2, -0.15) is 0 Å². The third kappa shape index (κ3) is 4.57. The van der Waals surface area contributed by atoms with Gasteiger partial charge in [-0.1, -0.05) is 13.3 Å². The van der Waals surface area contributed by atoms with Gasteiger partial charge in [-0.15, -0.1) is 0 Å². The number of anilines is 1. The van der Waals surface area contributed by atoms with Crippen molar-refractivity contribution in [2.45, 2.75) is 45.6 Å². The second-order valence-corrected chi connectivity index (χ2v) is 4.06. The van der Waals surface area contributed by atoms with Gasteiger partial charge in [0.05, 0.1) is 0 Å². The topological polar surface area (TPSA) is 58.0 Å². The summed E-state index contributed by atoms with van der Waals surface area (Å²) in [7, 11) is 0. The van der Waals surface area contributed by atoms with E-state index >= 15 is 0 Å². The van der Waals surface area contributed by atoms with Gasteiger partial charge in [0.15, 0.2) is 0 Å². The van der Waals surface area contributed by atoms with Crippen molar-refractivity contribution in [3.8, 4) is 0 Å². The van der Waals surface area contributed by atoms with Crippen LogP contribution in [0.25, 0.3) is 0 Å². The highest BCUT2D eigenvalue weighted by atomic mass is 16.2. The van der Waals surface area contributed by atoms with E-state index in [0.29, 0.717) is 6.04 Å². The smallest absolute Gasteiger partial charge is 0.129 e. The van der Waals surface area contributed by atoms with Crippen LogP contribution in [0.4, 0.5) is 5.82 Å². The minimum absolute atomic E-state index is 0.247. The second-order valence-electron chi connectivity index (χ2n) is 4.06. The summed E-state index contributed by atoms with van der Waals surface area (Å²) >= 11 is 0. The molecule has 4 nitrogen and oxygen atoms in total. The van der Waals surface area contributed by atoms with Crippen LogP contribution < -0.4 is 5.32 Å². The average molecular weight is 223 g/mol. The van der Waals surface area contributed by atoms with E-state index in [0.717, 1.165) is 37.2 Å². The SMILES string of the molecule is CCCc1cc(NC(C)CCCO)ncn1. The Kier molecular flexibility index (Phi) is 5.78. The van der Waals surface area contributed by atoms with Gasteiger partial charge in [-0.3, -0.25) is 0 Å². The molecular formula is C12H21N3O. The predicted molar refractivity (Wildman–Crippen MR) is 65.4 cm³/mol. The number of aromatic nitrogens is 2. The highest BCUT2D eigenvalue weighted by Crippen LogP contribution is 2.09. The van der Waals surface area contributed by atoms with E-state index in [1.807, 2.05) is 6.07 Å². The van der Waals surface area contributed by atoms with Gasteiger partial charge < -0.3 is 10.4 Å². The van der Waals surface area contributed by atoms with Crippen molar-refractivity contribution in [1.29, 1.82) is 0 Å². The van der Waals surface area contributed by atoms with E-state index in [1.165, 1.54) is 0 Å². The molecule has 1 aromatic rings. The molecule has 0 saturated heterocycles. The third-order valence-corrected chi connectivity index (χ3v) is 2.42. The molecule has 0 amide bonds. The van der Waals surface area contributed by atoms with Gasteiger partial charge in [-0.25, -0.2) is 9.97 Å². The Balaban J connectivity index is 2.49. The summed E-state index contributed by atoms with van der Waals surface area (Å²) < 4.78 is 0. The van der Waals surface area contributed by atoms with Crippen LogP contribution in [0.5, 0.6) is 0 Å². The minimum Gasteiger partial charge on any atom is -0.396 e. The van der Waals surface area contributed by atoms with Crippen molar-refractivity contribution in [2.24, 2.45) is 0 Å². The quantitative estimate of drug-likeness (QED) is 0.742. The van der Waals surface area contributed by atoms with Crippen molar-refractivity contribution in [3.05, 3.63) is 18.1 Å². The lowest BCUT2D eigenvalue weighted by atomic mass is 10.2. The van der Waals surface area contributed by atoms with Gasteiger partial charge in [0, 0.05) is 24.4 Å². The van der Waals surface area contributed by atoms with Crippen LogP contribution in [0.2, 0.25) is 0 Å². The summed E-state index contributed by atoms with van der Waals surface area (Å²) in [6.45, 7) is 4.48. The Morgan fingerprint density at radius 2 is 2.25 bits per heavy atom. The lowest BCUT2D eigenvalue weighted by Gasteiger charge is -2.13. The lowest BCUT2D eigenvalue weighted by Crippen LogP contribution is -2.16. The molecule has 0 saturated carbocycles. The van der Waals surface area contributed by atoms with Gasteiger partial charge >= 0.3 is 0 Å². The molecule has 0 aliphatic carbocycles. The normalized spacial score (nSPS) is 12.4. The first-order valence-corrected chi connectivity index (χ1v) is 5.94. The van der Waals surface area contributed by atoms with E-state index in [4.69, 9.17) is 5.11 Å². The Labute approximate surface area is 97.1 Å². The molecule has 1 atom stereocenters. The van der Waals surface area contributed by atoms with E-state index in [-0.39, 0.29) is 6.61 Å². The molecule has 1 unspecified atom stereocenters. The van der Waals surface area contributed by atoms with Gasteiger partial charge in [0.25, 0.3) is 0 Å². The molecule has 0 radical (unpaired) electrons. The predicted octanol–water partition coefficient (Wildman–Crippen LogP) is 2.00. The number of aliphatic hydroxyl groups is 1. The molecule has 0 aromatic carbocycles. The summed E-state index contributed by atoms with van der Waals surface area (Å²) in [5, 5.41) is 12.1. The summed E-state index contributed by atoms with van der Waals surface area (Å²) in [5.41, 5.74) is 1.08. The third-order valence-electron chi connectivity index (χ3n) is 2.42. The highest BCUT2D eigenvalue weighted by molar-refractivity contribution is 5.35. The molecule has 0 spiro atoms. The molecule has 0 fully saturated rings. The average Bonchev–Trinajstić information content (AvgIpc) is 2.27. The zero-order valence-electron chi connectivity index (χ0n) is 10.1. The first-order chi connectivity index (χ1) is 7.76. The minimum atomic E-state index is 0.247. The second kappa shape index (κ2) is 7.17. The van der Waals surface area contributed by atoms with Crippen molar-refractivity contribution in [1.82, 2.24) is 9.97 Å². The van der Waals surface area contributed by atoms with Gasteiger partial charge in [0.2, 0.25) is 0 Å². The maximum Gasteiger partial charge on any atom is 0.129 e. The van der Waals surface area contributed by atoms with Crippen LogP contribution in [0.3, 0.4) is 0 Å². The standard InChI is InChI=1S/C12H21N3O/c1-3-5-11-8-12(14-9-13-11)15-10(2)6-4-7-16/h8-10,16H,3-7H2,1-2H3,(H,13,14,15). The van der Waals surface area contributed by atoms with Crippen LogP contribution in [0.15, 0.2) is 12.4 Å². The first-order valence-electron chi connectivity index (χ1n) is 5.94. The van der Waals surface area contributed by atoms with Crippen LogP contribution in [-0.4, -0.2) is 27.7 Å². The monoisotopic (exact) mass is 223 g/mol. The number of rotatable bonds is 7. The molecule has 90 valence electrons. The van der Waals surface area contributed by atoms with Crippen molar-refractivity contribution in [3.63, 3.8) is 0 Å². The van der Waals surface area contributed by atoms with Crippen LogP contribution in [0.1, 0.15) is 38.8 Å². The zero-order valence-corrected chi connectivity index (χ0v) is 10.1. The summed E-state index contributed by atoms with van der Waals surface area (Å²) in [4.78, 5) is 8.39. The molecule has 4 heteroatoms. The Morgan fingerprint density at radius 3 is 2.94 bits per heavy atom. The molecular weight excluding hydrogens is 202 g/mol. The van der Waals surface area contributed by atoms with Crippen molar-refractivity contribution >= 4 is 5.82 Å². The first kappa shape index (κ1) is 12.9. The largest absolute Gasteiger partial charge is 0.396 e. The number of nitrogens with one attached hydrogen (secondary N) is 1. The molecule has 2 N–H and O–H groups in total. The maximum absolute atomic E-state index is 8.74. The zero-order chi connectivity index (χ0) is 11.8. The van der Waals surface area contributed by atoms with E-state index in [1.54, 1.807) is 6.33 Å². The fourth-order valence-electron chi connectivity index (χ4n) is 1.59. The Bertz CT molecular complexity index is 304. The summed E-state index contributed by atoms with van der Waals surface area (Å²) in [6, 6.07) is 2.33. The molecule has 1 aromatic heterocycles. The Morgan fingerprint density at radius 1 is 1.44 bits per heavy atom. The van der Waals surface area contributed by atoms with Crippen LogP contribution >= 0.6 is 0 Å². The fraction of sp³-hybridized carbons (Fsp3) is 0.667. The molecule has 1 rings (SSSR count). The number of hydrogen-bond acceptors (Lipinski definition) is 4. The van der Waals surface area contributed by atoms with E-state index in [9.17, 15) is 0 Å². The fourth-order valence-corrected chi connectivity index (χ4v) is 1.59. The number of aliphatic hydroxyl groups excluding tert-OH is 1. The summed E-state index contributed by atoms with van der Waals surface area (Å²) in [6.07, 6.45) is 5.45. The Hall–Kier alpha value is -1.16. The van der Waals surface area contributed by atoms with Crippen LogP contribution in [-0.2, 0) is 6.42 Å². The molecule has 0 bridgehead atoms. The molecule has 0 aliphatic heterocycles. The molecule has 1 heterocycles. The lowest BCUT2D eigenvalue weighted by molar-refractivity contribution is 0.282. The van der Waals surface area contributed by atoms with Crippen LogP contribution in [0, 0.1) is 0 Å². The summed E-state index contributed by atoms with van der Waals surface area (Å²) in [5.74, 6) is 0.879. The molecule has 0 aliphatic rings. The van der Waals surface area contributed by atoms with Gasteiger partial charge in [0.1, 0.15) is 12.1 Å². The van der Waals surface area contributed by atoms with Gasteiger partial charge in [-0.05, 0) is 26.2 Å². The highest BCUT2D eigenvalue weighted by Gasteiger charge is 2.03. The number of aryl methyl sites for hydroxylation is 1. The van der Waals surface area contributed by atoms with E-state index in [2.05, 4.69) is 29.1 Å². The maximum atomic E-state index is 8.74. The van der Waals surface area contributed by atoms with Crippen molar-refractivity contribution in [2.75, 3.05) is 11.9 Å². The van der Waals surface area contributed by atoms with E-state index < -0.39 is 0 Å². The molecule has 16 heavy (non-hydrogen) atoms.